The monoisotopic (exact) mass is 485 g/mol. The van der Waals surface area contributed by atoms with Crippen molar-refractivity contribution < 1.29 is 10.1 Å². The minimum Gasteiger partial charge on any atom is -0.593 e. The molecule has 0 spiro atoms. The highest BCUT2D eigenvalue weighted by Gasteiger charge is 2.42. The molecule has 1 amide bonds. The predicted octanol–water partition coefficient (Wildman–Crippen LogP) is 0.749. The number of hydrogen-bond donors (Lipinski definition) is 3. The number of amides is 1. The zero-order chi connectivity index (χ0) is 26.3. The first-order valence-corrected chi connectivity index (χ1v) is 12.1. The van der Waals surface area contributed by atoms with E-state index in [4.69, 9.17) is 21.0 Å². The third kappa shape index (κ3) is 12.0. The van der Waals surface area contributed by atoms with Crippen molar-refractivity contribution in [2.45, 2.75) is 71.8 Å². The van der Waals surface area contributed by atoms with Crippen LogP contribution in [0.15, 0.2) is 0 Å². The Kier molecular flexibility index (Phi) is 13.2. The van der Waals surface area contributed by atoms with Crippen LogP contribution in [0.5, 0.6) is 0 Å². The van der Waals surface area contributed by atoms with Gasteiger partial charge in [-0.05, 0) is 30.1 Å². The van der Waals surface area contributed by atoms with Crippen LogP contribution in [-0.4, -0.2) is 61.1 Å². The van der Waals surface area contributed by atoms with Crippen LogP contribution >= 0.6 is 0 Å². The van der Waals surface area contributed by atoms with Crippen molar-refractivity contribution in [1.29, 1.82) is 21.0 Å². The molecule has 3 unspecified atom stereocenters. The molecule has 0 aliphatic heterocycles. The Morgan fingerprint density at radius 1 is 0.943 bits per heavy atom. The second-order valence-electron chi connectivity index (χ2n) is 10.4. The molecule has 0 radical (unpaired) electrons. The van der Waals surface area contributed by atoms with Gasteiger partial charge in [-0.2, -0.15) is 21.0 Å². The maximum Gasteiger partial charge on any atom is 0.234 e. The van der Waals surface area contributed by atoms with Gasteiger partial charge in [0.1, 0.15) is 0 Å². The number of carbonyl (C=O) groups excluding carboxylic acids is 1. The van der Waals surface area contributed by atoms with E-state index in [1.54, 1.807) is 0 Å². The lowest BCUT2D eigenvalue weighted by Gasteiger charge is -2.47. The Morgan fingerprint density at radius 3 is 1.97 bits per heavy atom. The van der Waals surface area contributed by atoms with Crippen LogP contribution in [0, 0.1) is 61.4 Å². The molecule has 3 N–H and O–H groups in total. The van der Waals surface area contributed by atoms with E-state index in [1.165, 1.54) is 5.01 Å². The van der Waals surface area contributed by atoms with E-state index in [2.05, 4.69) is 43.7 Å². The highest BCUT2D eigenvalue weighted by molar-refractivity contribution is 5.78. The maximum atomic E-state index is 12.8. The van der Waals surface area contributed by atoms with Crippen molar-refractivity contribution in [3.05, 3.63) is 5.21 Å². The lowest BCUT2D eigenvalue weighted by Crippen LogP contribution is -3.20. The van der Waals surface area contributed by atoms with Crippen LogP contribution in [0.1, 0.15) is 65.7 Å². The van der Waals surface area contributed by atoms with Crippen molar-refractivity contribution in [2.75, 3.05) is 39.3 Å². The fourth-order valence-corrected chi connectivity index (χ4v) is 5.12. The summed E-state index contributed by atoms with van der Waals surface area (Å²) in [5.74, 6) is -0.130. The van der Waals surface area contributed by atoms with Crippen LogP contribution in [-0.2, 0) is 4.79 Å². The molecule has 1 saturated carbocycles. The Morgan fingerprint density at radius 2 is 1.46 bits per heavy atom. The molecule has 11 nitrogen and oxygen atoms in total. The lowest BCUT2D eigenvalue weighted by atomic mass is 9.62. The topological polar surface area (TPSA) is 170 Å². The number of nitriles is 4. The van der Waals surface area contributed by atoms with Crippen molar-refractivity contribution in [3.63, 3.8) is 0 Å². The first kappa shape index (κ1) is 30.3. The van der Waals surface area contributed by atoms with Gasteiger partial charge in [-0.1, -0.05) is 20.8 Å². The van der Waals surface area contributed by atoms with Gasteiger partial charge in [0.2, 0.25) is 5.91 Å². The van der Waals surface area contributed by atoms with Crippen molar-refractivity contribution in [2.24, 2.45) is 10.8 Å². The molecule has 1 aliphatic carbocycles. The van der Waals surface area contributed by atoms with Gasteiger partial charge in [0, 0.05) is 32.0 Å². The number of nitrogens with one attached hydrogen (secondary N) is 3. The third-order valence-electron chi connectivity index (χ3n) is 6.20. The van der Waals surface area contributed by atoms with Crippen molar-refractivity contribution >= 4 is 5.91 Å². The van der Waals surface area contributed by atoms with Gasteiger partial charge in [0.25, 0.3) is 0 Å². The van der Waals surface area contributed by atoms with E-state index in [0.717, 1.165) is 12.8 Å². The molecule has 0 aromatic carbocycles. The van der Waals surface area contributed by atoms with E-state index >= 15 is 0 Å². The standard InChI is InChI=1S/C24H39N9O2/c1-23(2)16-21(30-22(34)18-31(12-4-8-25)13-5-9-26)17-24(3,19-23)20-29-33(35)32(14-6-10-27)15-7-11-28/h21,29,33H,4-7,12-20H2,1-3H3,(H,30,34). The normalized spacial score (nSPS) is 21.9. The van der Waals surface area contributed by atoms with E-state index in [0.29, 0.717) is 38.9 Å². The molecule has 1 aliphatic rings. The molecular weight excluding hydrogens is 446 g/mol. The summed E-state index contributed by atoms with van der Waals surface area (Å²) in [6.07, 6.45) is 3.40. The van der Waals surface area contributed by atoms with Gasteiger partial charge < -0.3 is 10.5 Å². The molecule has 0 saturated heterocycles. The number of quaternary nitrogens is 1. The fourth-order valence-electron chi connectivity index (χ4n) is 5.12. The molecule has 11 heteroatoms. The van der Waals surface area contributed by atoms with Crippen LogP contribution in [0.25, 0.3) is 0 Å². The van der Waals surface area contributed by atoms with Crippen LogP contribution in [0.2, 0.25) is 0 Å². The minimum absolute atomic E-state index is 0.0434. The Balaban J connectivity index is 2.76. The quantitative estimate of drug-likeness (QED) is 0.283. The average Bonchev–Trinajstić information content (AvgIpc) is 2.78. The van der Waals surface area contributed by atoms with E-state index < -0.39 is 0 Å². The highest BCUT2D eigenvalue weighted by Crippen LogP contribution is 2.45. The van der Waals surface area contributed by atoms with Gasteiger partial charge >= 0.3 is 0 Å². The average molecular weight is 486 g/mol. The fraction of sp³-hybridized carbons (Fsp3) is 0.792. The van der Waals surface area contributed by atoms with Crippen molar-refractivity contribution in [3.8, 4) is 24.3 Å². The lowest BCUT2D eigenvalue weighted by molar-refractivity contribution is -1.01. The summed E-state index contributed by atoms with van der Waals surface area (Å²) in [4.78, 5) is 14.6. The SMILES string of the molecule is CC1(C)CC(NC(=O)CN(CCC#N)CCC#N)CC(C)(CN[NH+]([O-])N(CCC#N)CCC#N)C1. The summed E-state index contributed by atoms with van der Waals surface area (Å²) in [5, 5.41) is 52.5. The van der Waals surface area contributed by atoms with Crippen molar-refractivity contribution in [1.82, 2.24) is 20.7 Å². The number of rotatable bonds is 15. The summed E-state index contributed by atoms with van der Waals surface area (Å²) in [6.45, 7) is 8.42. The van der Waals surface area contributed by atoms with E-state index in [1.807, 2.05) is 17.0 Å². The Bertz CT molecular complexity index is 800. The minimum atomic E-state index is -0.286. The number of hydrogen-bond acceptors (Lipinski definition) is 9. The second kappa shape index (κ2) is 15.3. The molecule has 0 heterocycles. The molecule has 3 atom stereocenters. The predicted molar refractivity (Wildman–Crippen MR) is 129 cm³/mol. The molecule has 0 aromatic heterocycles. The summed E-state index contributed by atoms with van der Waals surface area (Å²) < 4.78 is 0. The maximum absolute atomic E-state index is 12.8. The first-order chi connectivity index (χ1) is 16.6. The van der Waals surface area contributed by atoms with E-state index in [9.17, 15) is 10.0 Å². The largest absolute Gasteiger partial charge is 0.593 e. The van der Waals surface area contributed by atoms with E-state index in [-0.39, 0.29) is 60.5 Å². The molecule has 0 bridgehead atoms. The molecule has 0 aromatic rings. The zero-order valence-electron chi connectivity index (χ0n) is 21.3. The van der Waals surface area contributed by atoms with Crippen LogP contribution < -0.4 is 16.0 Å². The number of carbonyl (C=O) groups is 1. The molecule has 192 valence electrons. The van der Waals surface area contributed by atoms with Gasteiger partial charge in [-0.15, -0.1) is 10.4 Å². The van der Waals surface area contributed by atoms with Crippen LogP contribution in [0.3, 0.4) is 0 Å². The first-order valence-electron chi connectivity index (χ1n) is 12.1. The summed E-state index contributed by atoms with van der Waals surface area (Å²) >= 11 is 0. The van der Waals surface area contributed by atoms with Crippen LogP contribution in [0.4, 0.5) is 0 Å². The molecule has 1 rings (SSSR count). The molecular formula is C24H39N9O2. The Labute approximate surface area is 209 Å². The van der Waals surface area contributed by atoms with Gasteiger partial charge in [-0.3, -0.25) is 9.69 Å². The van der Waals surface area contributed by atoms with Gasteiger partial charge in [0.15, 0.2) is 0 Å². The summed E-state index contributed by atoms with van der Waals surface area (Å²) in [7, 11) is 0. The summed E-state index contributed by atoms with van der Waals surface area (Å²) in [5.41, 5.74) is 2.70. The third-order valence-corrected chi connectivity index (χ3v) is 6.20. The Hall–Kier alpha value is -2.77. The van der Waals surface area contributed by atoms with Gasteiger partial charge in [0.05, 0.1) is 63.3 Å². The molecule has 1 fully saturated rings. The second-order valence-corrected chi connectivity index (χ2v) is 10.4. The highest BCUT2D eigenvalue weighted by atomic mass is 16.6. The number of nitrogens with zero attached hydrogens (tertiary/aromatic N) is 6. The summed E-state index contributed by atoms with van der Waals surface area (Å²) in [6, 6.07) is 8.16. The molecule has 35 heavy (non-hydrogen) atoms. The van der Waals surface area contributed by atoms with Gasteiger partial charge in [-0.25, -0.2) is 5.28 Å². The zero-order valence-corrected chi connectivity index (χ0v) is 21.3. The smallest absolute Gasteiger partial charge is 0.234 e.